The molecular weight excluding hydrogens is 238 g/mol. The average Bonchev–Trinajstić information content (AvgIpc) is 2.46. The zero-order chi connectivity index (χ0) is 13.9. The Morgan fingerprint density at radius 3 is 2.26 bits per heavy atom. The van der Waals surface area contributed by atoms with Crippen LogP contribution in [-0.2, 0) is 22.3 Å². The lowest BCUT2D eigenvalue weighted by Gasteiger charge is -2.15. The highest BCUT2D eigenvalue weighted by molar-refractivity contribution is 5.57. The number of anilines is 1. The number of para-hydroxylation sites is 1. The molecule has 1 rings (SSSR count). The number of methoxy groups -OCH3 is 1. The van der Waals surface area contributed by atoms with Gasteiger partial charge in [-0.2, -0.15) is 0 Å². The summed E-state index contributed by atoms with van der Waals surface area (Å²) < 4.78 is 10.4. The SMILES string of the molecule is CCc1cccc(CC)c1NCCCOCCOC. The van der Waals surface area contributed by atoms with E-state index in [9.17, 15) is 0 Å². The lowest BCUT2D eigenvalue weighted by Crippen LogP contribution is -2.10. The first kappa shape index (κ1) is 16.0. The van der Waals surface area contributed by atoms with Gasteiger partial charge in [-0.1, -0.05) is 32.0 Å². The number of hydrogen-bond donors (Lipinski definition) is 1. The summed E-state index contributed by atoms with van der Waals surface area (Å²) in [6.07, 6.45) is 3.16. The maximum atomic E-state index is 5.46. The van der Waals surface area contributed by atoms with Crippen LogP contribution in [0.3, 0.4) is 0 Å². The van der Waals surface area contributed by atoms with Gasteiger partial charge in [-0.15, -0.1) is 0 Å². The molecule has 0 fully saturated rings. The lowest BCUT2D eigenvalue weighted by molar-refractivity contribution is 0.0705. The van der Waals surface area contributed by atoms with Crippen molar-refractivity contribution in [3.63, 3.8) is 0 Å². The summed E-state index contributed by atoms with van der Waals surface area (Å²) in [5, 5.41) is 3.56. The highest BCUT2D eigenvalue weighted by Gasteiger charge is 2.04. The zero-order valence-corrected chi connectivity index (χ0v) is 12.5. The number of ether oxygens (including phenoxy) is 2. The second-order valence-corrected chi connectivity index (χ2v) is 4.54. The topological polar surface area (TPSA) is 30.5 Å². The minimum atomic E-state index is 0.673. The molecule has 108 valence electrons. The molecule has 3 nitrogen and oxygen atoms in total. The first-order valence-electron chi connectivity index (χ1n) is 7.24. The van der Waals surface area contributed by atoms with E-state index in [1.807, 2.05) is 0 Å². The molecule has 0 aliphatic heterocycles. The summed E-state index contributed by atoms with van der Waals surface area (Å²) in [6.45, 7) is 7.50. The number of hydrogen-bond acceptors (Lipinski definition) is 3. The molecule has 3 heteroatoms. The first-order valence-corrected chi connectivity index (χ1v) is 7.24. The van der Waals surface area contributed by atoms with Crippen LogP contribution in [0.4, 0.5) is 5.69 Å². The third-order valence-electron chi connectivity index (χ3n) is 3.20. The van der Waals surface area contributed by atoms with E-state index in [1.165, 1.54) is 16.8 Å². The van der Waals surface area contributed by atoms with Crippen molar-refractivity contribution < 1.29 is 9.47 Å². The summed E-state index contributed by atoms with van der Waals surface area (Å²) in [5.41, 5.74) is 4.13. The summed E-state index contributed by atoms with van der Waals surface area (Å²) >= 11 is 0. The van der Waals surface area contributed by atoms with Gasteiger partial charge in [-0.25, -0.2) is 0 Å². The summed E-state index contributed by atoms with van der Waals surface area (Å²) in [7, 11) is 1.69. The molecule has 0 saturated heterocycles. The third kappa shape index (κ3) is 5.62. The van der Waals surface area contributed by atoms with Crippen LogP contribution in [0, 0.1) is 0 Å². The summed E-state index contributed by atoms with van der Waals surface area (Å²) in [6, 6.07) is 6.56. The van der Waals surface area contributed by atoms with Gasteiger partial charge in [0.05, 0.1) is 13.2 Å². The molecule has 0 amide bonds. The molecule has 0 aromatic heterocycles. The van der Waals surface area contributed by atoms with Crippen molar-refractivity contribution in [2.24, 2.45) is 0 Å². The number of rotatable bonds is 10. The third-order valence-corrected chi connectivity index (χ3v) is 3.20. The van der Waals surface area contributed by atoms with Gasteiger partial charge in [0.25, 0.3) is 0 Å². The molecule has 0 atom stereocenters. The second-order valence-electron chi connectivity index (χ2n) is 4.54. The Morgan fingerprint density at radius 2 is 1.68 bits per heavy atom. The van der Waals surface area contributed by atoms with E-state index >= 15 is 0 Å². The number of aryl methyl sites for hydroxylation is 2. The zero-order valence-electron chi connectivity index (χ0n) is 12.5. The molecular formula is C16H27NO2. The molecule has 0 radical (unpaired) electrons. The molecule has 1 aromatic carbocycles. The van der Waals surface area contributed by atoms with Crippen molar-refractivity contribution in [1.82, 2.24) is 0 Å². The maximum Gasteiger partial charge on any atom is 0.0700 e. The summed E-state index contributed by atoms with van der Waals surface area (Å²) in [5.74, 6) is 0. The largest absolute Gasteiger partial charge is 0.385 e. The monoisotopic (exact) mass is 265 g/mol. The van der Waals surface area contributed by atoms with Crippen molar-refractivity contribution >= 4 is 5.69 Å². The van der Waals surface area contributed by atoms with Gasteiger partial charge in [0.1, 0.15) is 0 Å². The van der Waals surface area contributed by atoms with E-state index < -0.39 is 0 Å². The predicted molar refractivity (Wildman–Crippen MR) is 81.0 cm³/mol. The van der Waals surface area contributed by atoms with Crippen molar-refractivity contribution in [3.8, 4) is 0 Å². The van der Waals surface area contributed by atoms with Gasteiger partial charge in [-0.05, 0) is 30.4 Å². The van der Waals surface area contributed by atoms with Crippen LogP contribution in [0.2, 0.25) is 0 Å². The number of nitrogens with one attached hydrogen (secondary N) is 1. The molecule has 0 spiro atoms. The van der Waals surface area contributed by atoms with E-state index in [0.29, 0.717) is 13.2 Å². The minimum Gasteiger partial charge on any atom is -0.385 e. The molecule has 19 heavy (non-hydrogen) atoms. The van der Waals surface area contributed by atoms with E-state index in [4.69, 9.17) is 9.47 Å². The fraction of sp³-hybridized carbons (Fsp3) is 0.625. The average molecular weight is 265 g/mol. The van der Waals surface area contributed by atoms with Gasteiger partial charge >= 0.3 is 0 Å². The summed E-state index contributed by atoms with van der Waals surface area (Å²) in [4.78, 5) is 0. The Balaban J connectivity index is 2.35. The molecule has 0 unspecified atom stereocenters. The highest BCUT2D eigenvalue weighted by Crippen LogP contribution is 2.22. The van der Waals surface area contributed by atoms with Crippen LogP contribution < -0.4 is 5.32 Å². The van der Waals surface area contributed by atoms with Crippen LogP contribution in [0.5, 0.6) is 0 Å². The van der Waals surface area contributed by atoms with Crippen LogP contribution in [-0.4, -0.2) is 33.5 Å². The lowest BCUT2D eigenvalue weighted by atomic mass is 10.0. The number of benzene rings is 1. The molecule has 1 N–H and O–H groups in total. The van der Waals surface area contributed by atoms with Gasteiger partial charge in [0.2, 0.25) is 0 Å². The van der Waals surface area contributed by atoms with Crippen molar-refractivity contribution in [2.45, 2.75) is 33.1 Å². The Bertz CT molecular complexity index is 330. The minimum absolute atomic E-state index is 0.673. The smallest absolute Gasteiger partial charge is 0.0700 e. The Labute approximate surface area is 117 Å². The molecule has 1 aromatic rings. The van der Waals surface area contributed by atoms with E-state index in [0.717, 1.165) is 32.4 Å². The van der Waals surface area contributed by atoms with Gasteiger partial charge in [0.15, 0.2) is 0 Å². The second kappa shape index (κ2) is 9.82. The Morgan fingerprint density at radius 1 is 1.00 bits per heavy atom. The van der Waals surface area contributed by atoms with Crippen molar-refractivity contribution in [1.29, 1.82) is 0 Å². The van der Waals surface area contributed by atoms with Crippen LogP contribution in [0.25, 0.3) is 0 Å². The molecule has 0 bridgehead atoms. The van der Waals surface area contributed by atoms with Gasteiger partial charge < -0.3 is 14.8 Å². The molecule has 0 aliphatic rings. The molecule has 0 aliphatic carbocycles. The van der Waals surface area contributed by atoms with Gasteiger partial charge in [0, 0.05) is 25.9 Å². The van der Waals surface area contributed by atoms with E-state index in [2.05, 4.69) is 37.4 Å². The maximum absolute atomic E-state index is 5.46. The Hall–Kier alpha value is -1.06. The van der Waals surface area contributed by atoms with Crippen molar-refractivity contribution in [2.75, 3.05) is 38.8 Å². The normalized spacial score (nSPS) is 10.7. The van der Waals surface area contributed by atoms with E-state index in [1.54, 1.807) is 7.11 Å². The quantitative estimate of drug-likeness (QED) is 0.659. The van der Waals surface area contributed by atoms with Crippen LogP contribution >= 0.6 is 0 Å². The fourth-order valence-electron chi connectivity index (χ4n) is 2.10. The van der Waals surface area contributed by atoms with E-state index in [-0.39, 0.29) is 0 Å². The molecule has 0 heterocycles. The van der Waals surface area contributed by atoms with Crippen LogP contribution in [0.1, 0.15) is 31.4 Å². The van der Waals surface area contributed by atoms with Gasteiger partial charge in [-0.3, -0.25) is 0 Å². The first-order chi connectivity index (χ1) is 9.33. The fourth-order valence-corrected chi connectivity index (χ4v) is 2.10. The standard InChI is InChI=1S/C16H27NO2/c1-4-14-8-6-9-15(5-2)16(14)17-10-7-11-19-13-12-18-3/h6,8-9,17H,4-5,7,10-13H2,1-3H3. The molecule has 0 saturated carbocycles. The highest BCUT2D eigenvalue weighted by atomic mass is 16.5. The van der Waals surface area contributed by atoms with Crippen molar-refractivity contribution in [3.05, 3.63) is 29.3 Å². The predicted octanol–water partition coefficient (Wildman–Crippen LogP) is 3.28. The Kier molecular flexibility index (Phi) is 8.26. The van der Waals surface area contributed by atoms with Crippen LogP contribution in [0.15, 0.2) is 18.2 Å².